The van der Waals surface area contributed by atoms with Crippen molar-refractivity contribution in [1.29, 1.82) is 0 Å². The van der Waals surface area contributed by atoms with Crippen LogP contribution >= 0.6 is 0 Å². The van der Waals surface area contributed by atoms with Gasteiger partial charge in [-0.3, -0.25) is 0 Å². The molecule has 0 radical (unpaired) electrons. The largest absolute Gasteiger partial charge is 0.213 e. The zero-order chi connectivity index (χ0) is 23.8. The van der Waals surface area contributed by atoms with E-state index in [2.05, 4.69) is 109 Å². The van der Waals surface area contributed by atoms with Crippen molar-refractivity contribution < 1.29 is 4.57 Å². The average molecular weight is 441 g/mol. The molecule has 0 amide bonds. The van der Waals surface area contributed by atoms with Crippen LogP contribution in [0.1, 0.15) is 104 Å². The summed E-state index contributed by atoms with van der Waals surface area (Å²) in [6.07, 6.45) is 8.39. The third-order valence-corrected chi connectivity index (χ3v) is 10.0. The van der Waals surface area contributed by atoms with Crippen molar-refractivity contribution in [3.63, 3.8) is 0 Å². The Bertz CT molecular complexity index is 1240. The van der Waals surface area contributed by atoms with Crippen molar-refractivity contribution in [2.45, 2.75) is 109 Å². The predicted octanol–water partition coefficient (Wildman–Crippen LogP) is 8.34. The molecule has 0 saturated carbocycles. The van der Waals surface area contributed by atoms with Crippen LogP contribution in [0, 0.1) is 0 Å². The summed E-state index contributed by atoms with van der Waals surface area (Å²) in [4.78, 5) is 0. The zero-order valence-electron chi connectivity index (χ0n) is 22.1. The van der Waals surface area contributed by atoms with Crippen LogP contribution in [0.5, 0.6) is 0 Å². The molecule has 1 aromatic heterocycles. The molecule has 5 rings (SSSR count). The monoisotopic (exact) mass is 440 g/mol. The van der Waals surface area contributed by atoms with Crippen LogP contribution < -0.4 is 4.57 Å². The number of hydrogen-bond donors (Lipinski definition) is 0. The minimum absolute atomic E-state index is 0.0661. The third-order valence-electron chi connectivity index (χ3n) is 10.0. The highest BCUT2D eigenvalue weighted by atomic mass is 15.1. The lowest BCUT2D eigenvalue weighted by Crippen LogP contribution is -2.68. The Morgan fingerprint density at radius 3 is 1.85 bits per heavy atom. The zero-order valence-corrected chi connectivity index (χ0v) is 22.1. The maximum Gasteiger partial charge on any atom is 0.213 e. The van der Waals surface area contributed by atoms with Crippen LogP contribution in [0.3, 0.4) is 0 Å². The van der Waals surface area contributed by atoms with Crippen LogP contribution in [-0.4, -0.2) is 0 Å². The van der Waals surface area contributed by atoms with E-state index in [0.717, 1.165) is 19.3 Å². The molecule has 1 aliphatic heterocycles. The molecule has 1 unspecified atom stereocenters. The fraction of sp³-hybridized carbons (Fsp3) is 0.531. The van der Waals surface area contributed by atoms with Gasteiger partial charge in [0.25, 0.3) is 0 Å². The van der Waals surface area contributed by atoms with Gasteiger partial charge in [0.2, 0.25) is 5.69 Å². The number of hydrogen-bond acceptors (Lipinski definition) is 0. The molecule has 1 aliphatic carbocycles. The van der Waals surface area contributed by atoms with Crippen molar-refractivity contribution in [3.8, 4) is 11.3 Å². The van der Waals surface area contributed by atoms with Gasteiger partial charge in [0.05, 0.1) is 11.0 Å². The maximum absolute atomic E-state index is 2.69. The van der Waals surface area contributed by atoms with Crippen LogP contribution in [0.25, 0.3) is 22.0 Å². The Morgan fingerprint density at radius 1 is 0.697 bits per heavy atom. The summed E-state index contributed by atoms with van der Waals surface area (Å²) in [6.45, 7) is 19.6. The van der Waals surface area contributed by atoms with Crippen molar-refractivity contribution >= 4 is 10.8 Å². The molecule has 0 fully saturated rings. The lowest BCUT2D eigenvalue weighted by atomic mass is 9.56. The summed E-state index contributed by atoms with van der Waals surface area (Å²) < 4.78 is 2.69. The van der Waals surface area contributed by atoms with Gasteiger partial charge in [0.15, 0.2) is 11.7 Å². The molecule has 0 N–H and O–H groups in total. The highest BCUT2D eigenvalue weighted by molar-refractivity contribution is 5.85. The van der Waals surface area contributed by atoms with Crippen molar-refractivity contribution in [1.82, 2.24) is 0 Å². The first-order valence-electron chi connectivity index (χ1n) is 13.2. The number of nitrogens with zero attached hydrogens (tertiary/aromatic N) is 1. The maximum atomic E-state index is 2.69. The molecular formula is C32H42N+. The highest BCUT2D eigenvalue weighted by Crippen LogP contribution is 2.55. The van der Waals surface area contributed by atoms with Crippen LogP contribution in [0.2, 0.25) is 0 Å². The van der Waals surface area contributed by atoms with Gasteiger partial charge in [-0.05, 0) is 71.2 Å². The Balaban J connectivity index is 1.95. The fourth-order valence-electron chi connectivity index (χ4n) is 7.44. The van der Waals surface area contributed by atoms with E-state index in [4.69, 9.17) is 0 Å². The second kappa shape index (κ2) is 7.17. The van der Waals surface area contributed by atoms with E-state index in [1.165, 1.54) is 34.9 Å². The first-order chi connectivity index (χ1) is 15.5. The Kier molecular flexibility index (Phi) is 4.92. The van der Waals surface area contributed by atoms with Gasteiger partial charge in [-0.1, -0.05) is 72.7 Å². The molecule has 2 heterocycles. The SMILES string of the molecule is CCC1(C)c2cc3c(cc2-c2cc4ccccc4c[n+]2C1(CC)CC)C(C)(C)CCC3(C)C. The third kappa shape index (κ3) is 2.87. The highest BCUT2D eigenvalue weighted by Gasteiger charge is 2.59. The Labute approximate surface area is 201 Å². The smallest absolute Gasteiger partial charge is 0.191 e. The standard InChI is InChI=1S/C32H42N/c1-9-31(8)25-20-27-26(29(4,5)16-17-30(27,6)7)19-24(25)28-18-22-14-12-13-15-23(22)21-33(28)32(31,10-2)11-3/h12-15,18-21H,9-11,16-17H2,1-8H3/q+1. The van der Waals surface area contributed by atoms with Gasteiger partial charge in [-0.2, -0.15) is 4.57 Å². The predicted molar refractivity (Wildman–Crippen MR) is 141 cm³/mol. The summed E-state index contributed by atoms with van der Waals surface area (Å²) in [5.41, 5.74) is 8.19. The Hall–Kier alpha value is -2.15. The van der Waals surface area contributed by atoms with Crippen LogP contribution in [-0.2, 0) is 21.8 Å². The van der Waals surface area contributed by atoms with E-state index >= 15 is 0 Å². The molecule has 0 saturated heterocycles. The first-order valence-corrected chi connectivity index (χ1v) is 13.2. The van der Waals surface area contributed by atoms with E-state index in [0.29, 0.717) is 0 Å². The first kappa shape index (κ1) is 22.6. The molecule has 2 aromatic carbocycles. The lowest BCUT2D eigenvalue weighted by Gasteiger charge is -2.50. The fourth-order valence-corrected chi connectivity index (χ4v) is 7.44. The average Bonchev–Trinajstić information content (AvgIpc) is 2.81. The molecule has 1 nitrogen and oxygen atoms in total. The molecule has 3 aromatic rings. The molecule has 174 valence electrons. The van der Waals surface area contributed by atoms with E-state index in [1.807, 2.05) is 0 Å². The van der Waals surface area contributed by atoms with Crippen LogP contribution in [0.4, 0.5) is 0 Å². The summed E-state index contributed by atoms with van der Waals surface area (Å²) in [6, 6.07) is 16.6. The minimum Gasteiger partial charge on any atom is -0.191 e. The molecule has 0 spiro atoms. The van der Waals surface area contributed by atoms with E-state index < -0.39 is 0 Å². The number of rotatable bonds is 3. The molecule has 2 aliphatic rings. The normalized spacial score (nSPS) is 24.1. The van der Waals surface area contributed by atoms with Crippen LogP contribution in [0.15, 0.2) is 48.7 Å². The second-order valence-corrected chi connectivity index (χ2v) is 12.3. The summed E-state index contributed by atoms with van der Waals surface area (Å²) in [7, 11) is 0. The molecule has 33 heavy (non-hydrogen) atoms. The van der Waals surface area contributed by atoms with Gasteiger partial charge in [-0.15, -0.1) is 0 Å². The molecule has 1 atom stereocenters. The molecular weight excluding hydrogens is 398 g/mol. The summed E-state index contributed by atoms with van der Waals surface area (Å²) >= 11 is 0. The molecule has 1 heteroatoms. The van der Waals surface area contributed by atoms with Gasteiger partial charge in [-0.25, -0.2) is 0 Å². The number of aromatic nitrogens is 1. The van der Waals surface area contributed by atoms with E-state index in [1.54, 1.807) is 16.7 Å². The van der Waals surface area contributed by atoms with Crippen molar-refractivity contribution in [2.75, 3.05) is 0 Å². The summed E-state index contributed by atoms with van der Waals surface area (Å²) in [5.74, 6) is 0. The van der Waals surface area contributed by atoms with Crippen molar-refractivity contribution in [2.24, 2.45) is 0 Å². The minimum atomic E-state index is 0.0661. The van der Waals surface area contributed by atoms with Gasteiger partial charge >= 0.3 is 0 Å². The Morgan fingerprint density at radius 2 is 1.27 bits per heavy atom. The second-order valence-electron chi connectivity index (χ2n) is 12.3. The van der Waals surface area contributed by atoms with Gasteiger partial charge in [0.1, 0.15) is 0 Å². The number of benzene rings is 2. The lowest BCUT2D eigenvalue weighted by molar-refractivity contribution is -0.768. The molecule has 0 bridgehead atoms. The topological polar surface area (TPSA) is 3.88 Å². The van der Waals surface area contributed by atoms with E-state index in [9.17, 15) is 0 Å². The number of pyridine rings is 1. The number of fused-ring (bicyclic) bond motifs is 5. The quantitative estimate of drug-likeness (QED) is 0.360. The van der Waals surface area contributed by atoms with Gasteiger partial charge in [0, 0.05) is 24.3 Å². The summed E-state index contributed by atoms with van der Waals surface area (Å²) in [5, 5.41) is 2.68. The van der Waals surface area contributed by atoms with E-state index in [-0.39, 0.29) is 21.8 Å². The van der Waals surface area contributed by atoms with Gasteiger partial charge < -0.3 is 0 Å². The van der Waals surface area contributed by atoms with Crippen molar-refractivity contribution in [3.05, 3.63) is 65.4 Å².